The summed E-state index contributed by atoms with van der Waals surface area (Å²) >= 11 is 0. The van der Waals surface area contributed by atoms with E-state index in [1.807, 2.05) is 24.6 Å². The number of ketones is 1. The minimum absolute atomic E-state index is 0.0566. The molecule has 1 aromatic carbocycles. The molecule has 0 saturated heterocycles. The number of hydrogen-bond acceptors (Lipinski definition) is 5. The average Bonchev–Trinajstić information content (AvgIpc) is 3.05. The van der Waals surface area contributed by atoms with Gasteiger partial charge in [0.25, 0.3) is 5.91 Å². The quantitative estimate of drug-likeness (QED) is 0.673. The van der Waals surface area contributed by atoms with Crippen LogP contribution in [0.1, 0.15) is 44.1 Å². The Morgan fingerprint density at radius 1 is 1.15 bits per heavy atom. The van der Waals surface area contributed by atoms with E-state index in [-0.39, 0.29) is 17.7 Å². The molecular formula is C20H22N4O3. The molecule has 0 radical (unpaired) electrons. The summed E-state index contributed by atoms with van der Waals surface area (Å²) in [6.07, 6.45) is 2.59. The number of carbonyl (C=O) groups is 2. The fraction of sp³-hybridized carbons (Fsp3) is 0.300. The van der Waals surface area contributed by atoms with Gasteiger partial charge in [-0.15, -0.1) is 0 Å². The molecule has 1 unspecified atom stereocenters. The molecular weight excluding hydrogens is 344 g/mol. The molecule has 0 spiro atoms. The third-order valence-electron chi connectivity index (χ3n) is 4.11. The second kappa shape index (κ2) is 7.57. The van der Waals surface area contributed by atoms with Gasteiger partial charge in [-0.05, 0) is 45.9 Å². The summed E-state index contributed by atoms with van der Waals surface area (Å²) in [7, 11) is 0. The maximum Gasteiger partial charge on any atom is 0.265 e. The number of amides is 1. The van der Waals surface area contributed by atoms with E-state index in [0.717, 1.165) is 11.0 Å². The van der Waals surface area contributed by atoms with Crippen LogP contribution >= 0.6 is 0 Å². The Kier molecular flexibility index (Phi) is 5.21. The van der Waals surface area contributed by atoms with Crippen LogP contribution in [0.2, 0.25) is 0 Å². The van der Waals surface area contributed by atoms with Crippen LogP contribution in [0, 0.1) is 0 Å². The van der Waals surface area contributed by atoms with Gasteiger partial charge >= 0.3 is 0 Å². The number of pyridine rings is 1. The number of nitrogens with one attached hydrogen (secondary N) is 1. The largest absolute Gasteiger partial charge is 0.481 e. The maximum absolute atomic E-state index is 12.4. The van der Waals surface area contributed by atoms with Crippen LogP contribution < -0.4 is 10.1 Å². The van der Waals surface area contributed by atoms with Crippen LogP contribution in [0.5, 0.6) is 5.75 Å². The number of ether oxygens (including phenoxy) is 1. The zero-order valence-electron chi connectivity index (χ0n) is 15.8. The van der Waals surface area contributed by atoms with Crippen LogP contribution in [0.25, 0.3) is 11.0 Å². The molecule has 1 amide bonds. The second-order valence-electron chi connectivity index (χ2n) is 6.65. The summed E-state index contributed by atoms with van der Waals surface area (Å²) in [5, 5.41) is 7.97. The standard InChI is InChI=1S/C20H22N4O3/c1-12(2)24-19-16(10-22-24)8-17(11-21-19)23-20(26)14(4)27-18-7-5-6-15(9-18)13(3)25/h5-12,14H,1-4H3,(H,23,26). The predicted octanol–water partition coefficient (Wildman–Crippen LogP) is 3.62. The Hall–Kier alpha value is -3.22. The van der Waals surface area contributed by atoms with E-state index >= 15 is 0 Å². The molecule has 1 atom stereocenters. The zero-order valence-corrected chi connectivity index (χ0v) is 15.8. The van der Waals surface area contributed by atoms with Gasteiger partial charge in [0.1, 0.15) is 5.75 Å². The lowest BCUT2D eigenvalue weighted by Crippen LogP contribution is -2.30. The average molecular weight is 366 g/mol. The van der Waals surface area contributed by atoms with Gasteiger partial charge in [-0.3, -0.25) is 9.59 Å². The first-order valence-electron chi connectivity index (χ1n) is 8.77. The lowest BCUT2D eigenvalue weighted by atomic mass is 10.1. The fourth-order valence-corrected chi connectivity index (χ4v) is 2.68. The molecule has 0 aliphatic heterocycles. The maximum atomic E-state index is 12.4. The van der Waals surface area contributed by atoms with Gasteiger partial charge in [-0.1, -0.05) is 12.1 Å². The summed E-state index contributed by atoms with van der Waals surface area (Å²) < 4.78 is 7.49. The highest BCUT2D eigenvalue weighted by molar-refractivity contribution is 5.96. The van der Waals surface area contributed by atoms with Gasteiger partial charge in [-0.2, -0.15) is 5.10 Å². The molecule has 3 aromatic rings. The number of carbonyl (C=O) groups excluding carboxylic acids is 2. The van der Waals surface area contributed by atoms with Gasteiger partial charge in [0, 0.05) is 17.0 Å². The van der Waals surface area contributed by atoms with Crippen molar-refractivity contribution < 1.29 is 14.3 Å². The van der Waals surface area contributed by atoms with Crippen molar-refractivity contribution in [1.82, 2.24) is 14.8 Å². The minimum atomic E-state index is -0.735. The molecule has 2 heterocycles. The lowest BCUT2D eigenvalue weighted by Gasteiger charge is -2.15. The number of fused-ring (bicyclic) bond motifs is 1. The predicted molar refractivity (Wildman–Crippen MR) is 103 cm³/mol. The highest BCUT2D eigenvalue weighted by atomic mass is 16.5. The second-order valence-corrected chi connectivity index (χ2v) is 6.65. The molecule has 0 fully saturated rings. The Morgan fingerprint density at radius 2 is 1.93 bits per heavy atom. The number of benzene rings is 1. The SMILES string of the molecule is CC(=O)c1cccc(OC(C)C(=O)Nc2cnc3c(cnn3C(C)C)c2)c1. The van der Waals surface area contributed by atoms with E-state index < -0.39 is 6.10 Å². The van der Waals surface area contributed by atoms with Crippen LogP contribution in [0.4, 0.5) is 5.69 Å². The van der Waals surface area contributed by atoms with E-state index in [1.165, 1.54) is 6.92 Å². The van der Waals surface area contributed by atoms with Crippen molar-refractivity contribution in [1.29, 1.82) is 0 Å². The normalized spacial score (nSPS) is 12.2. The fourth-order valence-electron chi connectivity index (χ4n) is 2.68. The van der Waals surface area contributed by atoms with E-state index in [1.54, 1.807) is 43.6 Å². The third-order valence-corrected chi connectivity index (χ3v) is 4.11. The van der Waals surface area contributed by atoms with Gasteiger partial charge in [0.05, 0.1) is 18.1 Å². The highest BCUT2D eigenvalue weighted by Crippen LogP contribution is 2.20. The molecule has 140 valence electrons. The van der Waals surface area contributed by atoms with Crippen LogP contribution in [0.3, 0.4) is 0 Å². The molecule has 7 heteroatoms. The Labute approximate surface area is 157 Å². The zero-order chi connectivity index (χ0) is 19.6. The molecule has 2 aromatic heterocycles. The third kappa shape index (κ3) is 4.13. The first-order chi connectivity index (χ1) is 12.8. The number of nitrogens with zero attached hydrogens (tertiary/aromatic N) is 3. The van der Waals surface area contributed by atoms with Crippen LogP contribution in [0.15, 0.2) is 42.7 Å². The summed E-state index contributed by atoms with van der Waals surface area (Å²) in [6, 6.07) is 8.80. The smallest absolute Gasteiger partial charge is 0.265 e. The summed E-state index contributed by atoms with van der Waals surface area (Å²) in [5.41, 5.74) is 1.88. The van der Waals surface area contributed by atoms with E-state index in [0.29, 0.717) is 17.0 Å². The van der Waals surface area contributed by atoms with Crippen molar-refractivity contribution in [3.05, 3.63) is 48.3 Å². The van der Waals surface area contributed by atoms with Gasteiger partial charge in [-0.25, -0.2) is 9.67 Å². The monoisotopic (exact) mass is 366 g/mol. The molecule has 1 N–H and O–H groups in total. The Morgan fingerprint density at radius 3 is 2.63 bits per heavy atom. The van der Waals surface area contributed by atoms with E-state index in [2.05, 4.69) is 15.4 Å². The molecule has 7 nitrogen and oxygen atoms in total. The Bertz CT molecular complexity index is 994. The number of aromatic nitrogens is 3. The van der Waals surface area contributed by atoms with E-state index in [4.69, 9.17) is 4.74 Å². The summed E-state index contributed by atoms with van der Waals surface area (Å²) in [5.74, 6) is 0.108. The highest BCUT2D eigenvalue weighted by Gasteiger charge is 2.16. The number of hydrogen-bond donors (Lipinski definition) is 1. The van der Waals surface area contributed by atoms with Crippen molar-refractivity contribution in [3.8, 4) is 5.75 Å². The van der Waals surface area contributed by atoms with Gasteiger partial charge in [0.15, 0.2) is 17.5 Å². The summed E-state index contributed by atoms with van der Waals surface area (Å²) in [6.45, 7) is 7.20. The first kappa shape index (κ1) is 18.6. The van der Waals surface area contributed by atoms with E-state index in [9.17, 15) is 9.59 Å². The van der Waals surface area contributed by atoms with Crippen molar-refractivity contribution in [2.24, 2.45) is 0 Å². The Balaban J connectivity index is 1.70. The minimum Gasteiger partial charge on any atom is -0.481 e. The summed E-state index contributed by atoms with van der Waals surface area (Å²) in [4.78, 5) is 28.3. The van der Waals surface area contributed by atoms with Gasteiger partial charge < -0.3 is 10.1 Å². The first-order valence-corrected chi connectivity index (χ1v) is 8.77. The molecule has 27 heavy (non-hydrogen) atoms. The molecule has 0 bridgehead atoms. The lowest BCUT2D eigenvalue weighted by molar-refractivity contribution is -0.122. The molecule has 0 saturated carbocycles. The molecule has 3 rings (SSSR count). The van der Waals surface area contributed by atoms with Crippen molar-refractivity contribution in [3.63, 3.8) is 0 Å². The van der Waals surface area contributed by atoms with Gasteiger partial charge in [0.2, 0.25) is 0 Å². The van der Waals surface area contributed by atoms with Crippen molar-refractivity contribution >= 4 is 28.4 Å². The number of anilines is 1. The van der Waals surface area contributed by atoms with Crippen molar-refractivity contribution in [2.75, 3.05) is 5.32 Å². The molecule has 0 aliphatic rings. The number of Topliss-reactive ketones (excluding diaryl/α,β-unsaturated/α-hetero) is 1. The van der Waals surface area contributed by atoms with Crippen molar-refractivity contribution in [2.45, 2.75) is 39.8 Å². The molecule has 0 aliphatic carbocycles. The van der Waals surface area contributed by atoms with Crippen LogP contribution in [-0.2, 0) is 4.79 Å². The van der Waals surface area contributed by atoms with Crippen LogP contribution in [-0.4, -0.2) is 32.6 Å². The topological polar surface area (TPSA) is 86.1 Å². The number of rotatable bonds is 6.